The average Bonchev–Trinajstić information content (AvgIpc) is 3.16. The van der Waals surface area contributed by atoms with E-state index in [4.69, 9.17) is 10.5 Å². The highest BCUT2D eigenvalue weighted by atomic mass is 16.5. The summed E-state index contributed by atoms with van der Waals surface area (Å²) in [6, 6.07) is 5.20. The SMILES string of the molecule is NC(=O)CN1C[C@H]2C[C@@H](C1)[C@H](CNC(=O)[C@H]1CCCO1)n1c2cccc1=O. The van der Waals surface area contributed by atoms with Crippen molar-refractivity contribution >= 4 is 11.8 Å². The van der Waals surface area contributed by atoms with E-state index in [0.717, 1.165) is 31.5 Å². The van der Waals surface area contributed by atoms with Gasteiger partial charge in [-0.3, -0.25) is 19.3 Å². The summed E-state index contributed by atoms with van der Waals surface area (Å²) in [6.45, 7) is 2.64. The fourth-order valence-corrected chi connectivity index (χ4v) is 4.85. The van der Waals surface area contributed by atoms with Crippen LogP contribution in [0.25, 0.3) is 0 Å². The molecule has 3 aliphatic heterocycles. The van der Waals surface area contributed by atoms with E-state index in [2.05, 4.69) is 10.2 Å². The monoisotopic (exact) mass is 374 g/mol. The summed E-state index contributed by atoms with van der Waals surface area (Å²) >= 11 is 0. The van der Waals surface area contributed by atoms with Crippen LogP contribution < -0.4 is 16.6 Å². The molecule has 4 atom stereocenters. The van der Waals surface area contributed by atoms with Crippen molar-refractivity contribution in [2.75, 3.05) is 32.8 Å². The highest BCUT2D eigenvalue weighted by Gasteiger charge is 2.41. The fourth-order valence-electron chi connectivity index (χ4n) is 4.85. The number of carbonyl (C=O) groups is 2. The molecular formula is C19H26N4O4. The normalized spacial score (nSPS) is 29.9. The molecular weight excluding hydrogens is 348 g/mol. The van der Waals surface area contributed by atoms with Crippen LogP contribution in [0.1, 0.15) is 36.9 Å². The van der Waals surface area contributed by atoms with Crippen molar-refractivity contribution in [1.29, 1.82) is 0 Å². The van der Waals surface area contributed by atoms with Crippen molar-refractivity contribution in [3.63, 3.8) is 0 Å². The number of hydrogen-bond acceptors (Lipinski definition) is 5. The molecule has 0 saturated carbocycles. The molecule has 2 fully saturated rings. The minimum atomic E-state index is -0.383. The van der Waals surface area contributed by atoms with E-state index in [1.165, 1.54) is 0 Å². The predicted molar refractivity (Wildman–Crippen MR) is 98.2 cm³/mol. The molecule has 0 spiro atoms. The zero-order valence-corrected chi connectivity index (χ0v) is 15.3. The number of hydrogen-bond donors (Lipinski definition) is 2. The third-order valence-corrected chi connectivity index (χ3v) is 5.96. The first-order valence-corrected chi connectivity index (χ1v) is 9.64. The van der Waals surface area contributed by atoms with Gasteiger partial charge < -0.3 is 20.4 Å². The highest BCUT2D eigenvalue weighted by Crippen LogP contribution is 2.40. The molecule has 1 aromatic rings. The molecule has 27 heavy (non-hydrogen) atoms. The molecule has 0 aliphatic carbocycles. The minimum absolute atomic E-state index is 0.0399. The minimum Gasteiger partial charge on any atom is -0.369 e. The Morgan fingerprint density at radius 1 is 1.30 bits per heavy atom. The number of pyridine rings is 1. The van der Waals surface area contributed by atoms with Gasteiger partial charge in [0.1, 0.15) is 6.10 Å². The quantitative estimate of drug-likeness (QED) is 0.729. The number of carbonyl (C=O) groups excluding carboxylic acids is 2. The molecule has 3 N–H and O–H groups in total. The molecule has 0 aromatic carbocycles. The molecule has 0 radical (unpaired) electrons. The van der Waals surface area contributed by atoms with Gasteiger partial charge in [0.05, 0.1) is 12.6 Å². The maximum atomic E-state index is 12.6. The molecule has 3 aliphatic rings. The van der Waals surface area contributed by atoms with Crippen molar-refractivity contribution < 1.29 is 14.3 Å². The Balaban J connectivity index is 1.57. The van der Waals surface area contributed by atoms with Gasteiger partial charge in [0.15, 0.2) is 0 Å². The van der Waals surface area contributed by atoms with Crippen molar-refractivity contribution in [3.8, 4) is 0 Å². The van der Waals surface area contributed by atoms with Crippen LogP contribution >= 0.6 is 0 Å². The van der Waals surface area contributed by atoms with E-state index in [1.54, 1.807) is 12.1 Å². The molecule has 8 heteroatoms. The number of primary amides is 1. The number of rotatable bonds is 5. The molecule has 4 heterocycles. The maximum absolute atomic E-state index is 12.6. The lowest BCUT2D eigenvalue weighted by atomic mass is 9.78. The molecule has 4 rings (SSSR count). The Kier molecular flexibility index (Phi) is 5.01. The standard InChI is InChI=1S/C19H26N4O4/c20-17(24)11-22-9-12-7-13(10-22)15(23-14(12)3-1-5-18(23)25)8-21-19(26)16-4-2-6-27-16/h1,3,5,12-13,15-16H,2,4,6-11H2,(H2,20,24)(H,21,26)/t12-,13+,15+,16-/m1/s1. The lowest BCUT2D eigenvalue weighted by Gasteiger charge is -2.46. The summed E-state index contributed by atoms with van der Waals surface area (Å²) in [6.07, 6.45) is 2.20. The second-order valence-corrected chi connectivity index (χ2v) is 7.83. The van der Waals surface area contributed by atoms with Gasteiger partial charge in [-0.2, -0.15) is 0 Å². The van der Waals surface area contributed by atoms with Crippen LogP contribution in [0.15, 0.2) is 23.0 Å². The summed E-state index contributed by atoms with van der Waals surface area (Å²) in [5.74, 6) is -0.0729. The zero-order valence-electron chi connectivity index (χ0n) is 15.3. The van der Waals surface area contributed by atoms with Crippen molar-refractivity contribution in [3.05, 3.63) is 34.2 Å². The first kappa shape index (κ1) is 18.2. The zero-order chi connectivity index (χ0) is 19.0. The second kappa shape index (κ2) is 7.44. The Hall–Kier alpha value is -2.19. The highest BCUT2D eigenvalue weighted by molar-refractivity contribution is 5.81. The van der Waals surface area contributed by atoms with Gasteiger partial charge >= 0.3 is 0 Å². The van der Waals surface area contributed by atoms with Gasteiger partial charge in [0.25, 0.3) is 5.56 Å². The maximum Gasteiger partial charge on any atom is 0.251 e. The molecule has 146 valence electrons. The largest absolute Gasteiger partial charge is 0.369 e. The van der Waals surface area contributed by atoms with Gasteiger partial charge in [0.2, 0.25) is 11.8 Å². The summed E-state index contributed by atoms with van der Waals surface area (Å²) < 4.78 is 7.29. The van der Waals surface area contributed by atoms with Crippen LogP contribution in [0.2, 0.25) is 0 Å². The number of ether oxygens (including phenoxy) is 1. The van der Waals surface area contributed by atoms with Crippen LogP contribution in [0, 0.1) is 5.92 Å². The molecule has 2 amide bonds. The summed E-state index contributed by atoms with van der Waals surface area (Å²) in [7, 11) is 0. The number of amides is 2. The average molecular weight is 374 g/mol. The Morgan fingerprint density at radius 2 is 2.15 bits per heavy atom. The van der Waals surface area contributed by atoms with E-state index < -0.39 is 0 Å². The number of fused-ring (bicyclic) bond motifs is 4. The van der Waals surface area contributed by atoms with Crippen LogP contribution in [0.4, 0.5) is 0 Å². The lowest BCUT2D eigenvalue weighted by molar-refractivity contribution is -0.130. The molecule has 8 nitrogen and oxygen atoms in total. The van der Waals surface area contributed by atoms with Crippen LogP contribution in [-0.4, -0.2) is 60.2 Å². The molecule has 2 saturated heterocycles. The number of likely N-dealkylation sites (tertiary alicyclic amines) is 1. The number of nitrogens with zero attached hydrogens (tertiary/aromatic N) is 2. The van der Waals surface area contributed by atoms with Crippen molar-refractivity contribution in [2.24, 2.45) is 11.7 Å². The summed E-state index contributed by atoms with van der Waals surface area (Å²) in [5.41, 5.74) is 6.32. The summed E-state index contributed by atoms with van der Waals surface area (Å²) in [4.78, 5) is 38.4. The van der Waals surface area contributed by atoms with E-state index in [-0.39, 0.29) is 47.9 Å². The van der Waals surface area contributed by atoms with Crippen LogP contribution in [0.5, 0.6) is 0 Å². The number of aromatic nitrogens is 1. The topological polar surface area (TPSA) is 107 Å². The van der Waals surface area contributed by atoms with Crippen LogP contribution in [-0.2, 0) is 14.3 Å². The van der Waals surface area contributed by atoms with Crippen molar-refractivity contribution in [1.82, 2.24) is 14.8 Å². The Bertz CT molecular complexity index is 786. The first-order valence-electron chi connectivity index (χ1n) is 9.64. The number of piperidine rings is 1. The Morgan fingerprint density at radius 3 is 2.89 bits per heavy atom. The van der Waals surface area contributed by atoms with Crippen molar-refractivity contribution in [2.45, 2.75) is 37.3 Å². The van der Waals surface area contributed by atoms with Crippen LogP contribution in [0.3, 0.4) is 0 Å². The summed E-state index contributed by atoms with van der Waals surface area (Å²) in [5, 5.41) is 2.99. The fraction of sp³-hybridized carbons (Fsp3) is 0.632. The Labute approximate surface area is 157 Å². The second-order valence-electron chi connectivity index (χ2n) is 7.83. The van der Waals surface area contributed by atoms with Gasteiger partial charge in [0, 0.05) is 43.9 Å². The van der Waals surface area contributed by atoms with Gasteiger partial charge in [-0.25, -0.2) is 0 Å². The lowest BCUT2D eigenvalue weighted by Crippen LogP contribution is -2.53. The smallest absolute Gasteiger partial charge is 0.251 e. The predicted octanol–water partition coefficient (Wildman–Crippen LogP) is -0.411. The number of nitrogens with two attached hydrogens (primary N) is 1. The first-order chi connectivity index (χ1) is 13.0. The number of nitrogens with one attached hydrogen (secondary N) is 1. The van der Waals surface area contributed by atoms with Gasteiger partial charge in [-0.05, 0) is 31.2 Å². The van der Waals surface area contributed by atoms with E-state index >= 15 is 0 Å². The third-order valence-electron chi connectivity index (χ3n) is 5.96. The van der Waals surface area contributed by atoms with E-state index in [1.807, 2.05) is 10.6 Å². The molecule has 2 bridgehead atoms. The molecule has 1 aromatic heterocycles. The third kappa shape index (κ3) is 3.64. The molecule has 0 unspecified atom stereocenters. The van der Waals surface area contributed by atoms with E-state index in [0.29, 0.717) is 19.7 Å². The van der Waals surface area contributed by atoms with Gasteiger partial charge in [-0.1, -0.05) is 6.07 Å². The van der Waals surface area contributed by atoms with Gasteiger partial charge in [-0.15, -0.1) is 0 Å². The van der Waals surface area contributed by atoms with E-state index in [9.17, 15) is 14.4 Å².